The van der Waals surface area contributed by atoms with Crippen LogP contribution in [0.1, 0.15) is 80.6 Å². The Morgan fingerprint density at radius 3 is 2.71 bits per heavy atom. The molecule has 1 aliphatic carbocycles. The second-order valence-corrected chi connectivity index (χ2v) is 10.2. The van der Waals surface area contributed by atoms with Crippen LogP contribution in [0.25, 0.3) is 5.65 Å². The van der Waals surface area contributed by atoms with Gasteiger partial charge in [-0.15, -0.1) is 11.3 Å². The molecule has 8 heteroatoms. The maximum atomic E-state index is 4.94. The van der Waals surface area contributed by atoms with Gasteiger partial charge < -0.3 is 16.0 Å². The predicted octanol–water partition coefficient (Wildman–Crippen LogP) is 4.77. The van der Waals surface area contributed by atoms with Crippen molar-refractivity contribution in [2.24, 2.45) is 5.92 Å². The fourth-order valence-corrected chi connectivity index (χ4v) is 5.17. The lowest BCUT2D eigenvalue weighted by molar-refractivity contribution is 0.389. The molecule has 1 saturated carbocycles. The highest BCUT2D eigenvalue weighted by molar-refractivity contribution is 7.09. The van der Waals surface area contributed by atoms with Crippen molar-refractivity contribution < 1.29 is 0 Å². The first-order valence-electron chi connectivity index (χ1n) is 11.6. The maximum Gasteiger partial charge on any atom is 0.163 e. The number of hydrogen-bond donors (Lipinski definition) is 3. The molecule has 1 atom stereocenters. The van der Waals surface area contributed by atoms with E-state index in [1.54, 1.807) is 11.3 Å². The summed E-state index contributed by atoms with van der Waals surface area (Å²) in [4.78, 5) is 9.83. The molecule has 3 aromatic heterocycles. The van der Waals surface area contributed by atoms with Gasteiger partial charge in [0.1, 0.15) is 16.6 Å². The number of nitrogens with zero attached hydrogens (tertiary/aromatic N) is 4. The monoisotopic (exact) mass is 439 g/mol. The van der Waals surface area contributed by atoms with Crippen LogP contribution in [0.2, 0.25) is 0 Å². The Bertz CT molecular complexity index is 1030. The number of anilines is 2. The van der Waals surface area contributed by atoms with Crippen molar-refractivity contribution in [2.45, 2.75) is 64.3 Å². The summed E-state index contributed by atoms with van der Waals surface area (Å²) >= 11 is 1.75. The second-order valence-electron chi connectivity index (χ2n) is 9.34. The lowest BCUT2D eigenvalue weighted by atomic mass is 9.98. The van der Waals surface area contributed by atoms with E-state index < -0.39 is 0 Å². The lowest BCUT2D eigenvalue weighted by Gasteiger charge is -2.23. The van der Waals surface area contributed by atoms with E-state index in [1.165, 1.54) is 36.9 Å². The molecule has 7 nitrogen and oxygen atoms in total. The largest absolute Gasteiger partial charge is 0.370 e. The van der Waals surface area contributed by atoms with Crippen molar-refractivity contribution in [3.05, 3.63) is 33.9 Å². The first kappa shape index (κ1) is 20.7. The lowest BCUT2D eigenvalue weighted by Crippen LogP contribution is -2.31. The van der Waals surface area contributed by atoms with Crippen molar-refractivity contribution >= 4 is 28.6 Å². The van der Waals surface area contributed by atoms with Crippen LogP contribution in [-0.4, -0.2) is 39.2 Å². The maximum absolute atomic E-state index is 4.94. The third kappa shape index (κ3) is 4.55. The van der Waals surface area contributed by atoms with Crippen LogP contribution in [0.5, 0.6) is 0 Å². The molecule has 4 heterocycles. The van der Waals surface area contributed by atoms with E-state index in [-0.39, 0.29) is 6.04 Å². The van der Waals surface area contributed by atoms with Gasteiger partial charge in [-0.3, -0.25) is 0 Å². The molecular weight excluding hydrogens is 406 g/mol. The van der Waals surface area contributed by atoms with Crippen molar-refractivity contribution in [2.75, 3.05) is 30.3 Å². The Morgan fingerprint density at radius 2 is 1.97 bits per heavy atom. The third-order valence-electron chi connectivity index (χ3n) is 6.42. The molecule has 1 aliphatic heterocycles. The molecule has 5 rings (SSSR count). The number of nitrogens with one attached hydrogen (secondary N) is 3. The Kier molecular flexibility index (Phi) is 5.84. The van der Waals surface area contributed by atoms with E-state index in [0.717, 1.165) is 41.9 Å². The molecule has 0 aromatic carbocycles. The molecular formula is C23H33N7S. The fourth-order valence-electron chi connectivity index (χ4n) is 4.26. The molecule has 3 aromatic rings. The van der Waals surface area contributed by atoms with Crippen LogP contribution in [0.3, 0.4) is 0 Å². The first-order chi connectivity index (χ1) is 15.1. The molecule has 0 radical (unpaired) electrons. The third-order valence-corrected chi connectivity index (χ3v) is 7.47. The van der Waals surface area contributed by atoms with Crippen molar-refractivity contribution in [1.29, 1.82) is 0 Å². The number of aromatic nitrogens is 4. The Labute approximate surface area is 188 Å². The number of hydrogen-bond acceptors (Lipinski definition) is 7. The standard InChI is InChI=1S/C23H33N7S/c1-14(2)18-12-26-30-21(27-15(3)23-28-19(13-31-23)17-4-5-17)10-20(29-22(18)30)25-11-16-6-8-24-9-7-16/h10,12-17,24,27H,4-9,11H2,1-3H3,(H,25,29). The minimum absolute atomic E-state index is 0.118. The van der Waals surface area contributed by atoms with Gasteiger partial charge in [-0.05, 0) is 57.5 Å². The first-order valence-corrected chi connectivity index (χ1v) is 12.5. The van der Waals surface area contributed by atoms with Gasteiger partial charge in [0, 0.05) is 29.5 Å². The number of piperidine rings is 1. The molecule has 0 spiro atoms. The normalized spacial score (nSPS) is 18.6. The number of thiazole rings is 1. The average molecular weight is 440 g/mol. The van der Waals surface area contributed by atoms with Crippen molar-refractivity contribution in [1.82, 2.24) is 24.9 Å². The Hall–Kier alpha value is -2.19. The molecule has 1 unspecified atom stereocenters. The molecule has 166 valence electrons. The topological polar surface area (TPSA) is 79.2 Å². The smallest absolute Gasteiger partial charge is 0.163 e. The zero-order valence-corrected chi connectivity index (χ0v) is 19.5. The van der Waals surface area contributed by atoms with Crippen LogP contribution < -0.4 is 16.0 Å². The number of fused-ring (bicyclic) bond motifs is 1. The molecule has 2 fully saturated rings. The minimum Gasteiger partial charge on any atom is -0.370 e. The second kappa shape index (κ2) is 8.74. The van der Waals surface area contributed by atoms with Gasteiger partial charge in [-0.2, -0.15) is 9.61 Å². The van der Waals surface area contributed by atoms with E-state index in [9.17, 15) is 0 Å². The zero-order valence-electron chi connectivity index (χ0n) is 18.7. The van der Waals surface area contributed by atoms with Gasteiger partial charge >= 0.3 is 0 Å². The van der Waals surface area contributed by atoms with E-state index in [1.807, 2.05) is 10.7 Å². The minimum atomic E-state index is 0.118. The summed E-state index contributed by atoms with van der Waals surface area (Å²) in [5.41, 5.74) is 3.36. The summed E-state index contributed by atoms with van der Waals surface area (Å²) in [6.45, 7) is 9.75. The van der Waals surface area contributed by atoms with Crippen LogP contribution in [0.4, 0.5) is 11.6 Å². The molecule has 31 heavy (non-hydrogen) atoms. The fraction of sp³-hybridized carbons (Fsp3) is 0.609. The molecule has 3 N–H and O–H groups in total. The van der Waals surface area contributed by atoms with Gasteiger partial charge in [-0.25, -0.2) is 9.97 Å². The molecule has 2 aliphatic rings. The van der Waals surface area contributed by atoms with Gasteiger partial charge in [0.15, 0.2) is 5.65 Å². The summed E-state index contributed by atoms with van der Waals surface area (Å²) in [6.07, 6.45) is 6.96. The van der Waals surface area contributed by atoms with Gasteiger partial charge in [0.2, 0.25) is 0 Å². The van der Waals surface area contributed by atoms with Crippen LogP contribution in [0.15, 0.2) is 17.6 Å². The summed E-state index contributed by atoms with van der Waals surface area (Å²) in [7, 11) is 0. The Balaban J connectivity index is 1.40. The van der Waals surface area contributed by atoms with E-state index in [0.29, 0.717) is 17.8 Å². The van der Waals surface area contributed by atoms with Crippen molar-refractivity contribution in [3.8, 4) is 0 Å². The summed E-state index contributed by atoms with van der Waals surface area (Å²) < 4.78 is 1.94. The SMILES string of the molecule is CC(C)c1cnn2c(NC(C)c3nc(C4CC4)cs3)cc(NCC3CCNCC3)nc12. The quantitative estimate of drug-likeness (QED) is 0.469. The van der Waals surface area contributed by atoms with Gasteiger partial charge in [0.05, 0.1) is 17.9 Å². The number of rotatable bonds is 8. The summed E-state index contributed by atoms with van der Waals surface area (Å²) in [6, 6.07) is 2.21. The van der Waals surface area contributed by atoms with Crippen LogP contribution in [0, 0.1) is 5.92 Å². The summed E-state index contributed by atoms with van der Waals surface area (Å²) in [5, 5.41) is 18.7. The molecule has 1 saturated heterocycles. The predicted molar refractivity (Wildman–Crippen MR) is 127 cm³/mol. The van der Waals surface area contributed by atoms with E-state index >= 15 is 0 Å². The average Bonchev–Trinajstić information content (AvgIpc) is 3.33. The Morgan fingerprint density at radius 1 is 1.16 bits per heavy atom. The van der Waals surface area contributed by atoms with Crippen LogP contribution in [-0.2, 0) is 0 Å². The van der Waals surface area contributed by atoms with E-state index in [2.05, 4.69) is 53.3 Å². The van der Waals surface area contributed by atoms with Gasteiger partial charge in [0.25, 0.3) is 0 Å². The highest BCUT2D eigenvalue weighted by Gasteiger charge is 2.27. The molecule has 0 amide bonds. The highest BCUT2D eigenvalue weighted by Crippen LogP contribution is 2.41. The van der Waals surface area contributed by atoms with E-state index in [4.69, 9.17) is 9.97 Å². The molecule has 0 bridgehead atoms. The highest BCUT2D eigenvalue weighted by atomic mass is 32.1. The van der Waals surface area contributed by atoms with Gasteiger partial charge in [-0.1, -0.05) is 13.8 Å². The summed E-state index contributed by atoms with van der Waals surface area (Å²) in [5.74, 6) is 3.63. The van der Waals surface area contributed by atoms with Crippen LogP contribution >= 0.6 is 11.3 Å². The van der Waals surface area contributed by atoms with Crippen molar-refractivity contribution in [3.63, 3.8) is 0 Å². The zero-order chi connectivity index (χ0) is 21.4.